The molecule has 2 aromatic rings. The number of pyridine rings is 1. The molecule has 4 nitrogen and oxygen atoms in total. The Morgan fingerprint density at radius 2 is 1.95 bits per heavy atom. The Bertz CT molecular complexity index is 661. The summed E-state index contributed by atoms with van der Waals surface area (Å²) in [5.41, 5.74) is 5.25. The third kappa shape index (κ3) is 3.05. The van der Waals surface area contributed by atoms with E-state index in [1.54, 1.807) is 0 Å². The van der Waals surface area contributed by atoms with Crippen molar-refractivity contribution in [1.82, 2.24) is 10.3 Å². The molecule has 104 valence electrons. The van der Waals surface area contributed by atoms with Gasteiger partial charge in [0.15, 0.2) is 0 Å². The lowest BCUT2D eigenvalue weighted by atomic mass is 10.2. The van der Waals surface area contributed by atoms with Crippen molar-refractivity contribution in [3.63, 3.8) is 0 Å². The van der Waals surface area contributed by atoms with Gasteiger partial charge in [0.2, 0.25) is 0 Å². The molecule has 7 heteroatoms. The van der Waals surface area contributed by atoms with Crippen LogP contribution in [-0.2, 0) is 6.54 Å². The molecule has 1 heterocycles. The fourth-order valence-electron chi connectivity index (χ4n) is 1.58. The lowest BCUT2D eigenvalue weighted by Gasteiger charge is -2.08. The highest BCUT2D eigenvalue weighted by Crippen LogP contribution is 2.12. The van der Waals surface area contributed by atoms with E-state index in [1.165, 1.54) is 0 Å². The Hall–Kier alpha value is -2.57. The number of hydrogen-bond acceptors (Lipinski definition) is 3. The smallest absolute Gasteiger partial charge is 0.255 e. The minimum absolute atomic E-state index is 0.0266. The molecule has 0 fully saturated rings. The first-order chi connectivity index (χ1) is 9.47. The third-order valence-corrected chi connectivity index (χ3v) is 2.58. The van der Waals surface area contributed by atoms with Crippen molar-refractivity contribution >= 4 is 11.7 Å². The van der Waals surface area contributed by atoms with Crippen LogP contribution in [0.1, 0.15) is 15.9 Å². The van der Waals surface area contributed by atoms with E-state index >= 15 is 0 Å². The predicted octanol–water partition coefficient (Wildman–Crippen LogP) is 2.01. The number of rotatable bonds is 3. The number of carbonyl (C=O) groups excluding carboxylic acids is 1. The number of nitrogen functional groups attached to an aromatic ring is 1. The van der Waals surface area contributed by atoms with Gasteiger partial charge in [-0.2, -0.15) is 0 Å². The van der Waals surface area contributed by atoms with Gasteiger partial charge in [-0.05, 0) is 24.3 Å². The number of benzene rings is 1. The fourth-order valence-corrected chi connectivity index (χ4v) is 1.58. The minimum atomic E-state index is -0.724. The van der Waals surface area contributed by atoms with Crippen LogP contribution >= 0.6 is 0 Å². The highest BCUT2D eigenvalue weighted by Gasteiger charge is 2.13. The second kappa shape index (κ2) is 5.60. The number of nitrogens with one attached hydrogen (secondary N) is 1. The van der Waals surface area contributed by atoms with Gasteiger partial charge in [0.1, 0.15) is 23.3 Å². The SMILES string of the molecule is Nc1ncc(F)cc1C(=O)NCc1cc(F)ccc1F. The predicted molar refractivity (Wildman–Crippen MR) is 66.1 cm³/mol. The van der Waals surface area contributed by atoms with Gasteiger partial charge in [-0.15, -0.1) is 0 Å². The number of carbonyl (C=O) groups is 1. The summed E-state index contributed by atoms with van der Waals surface area (Å²) in [6.07, 6.45) is 0.873. The number of amides is 1. The highest BCUT2D eigenvalue weighted by molar-refractivity contribution is 5.98. The van der Waals surface area contributed by atoms with Gasteiger partial charge in [0.25, 0.3) is 5.91 Å². The van der Waals surface area contributed by atoms with Gasteiger partial charge >= 0.3 is 0 Å². The largest absolute Gasteiger partial charge is 0.383 e. The van der Waals surface area contributed by atoms with Gasteiger partial charge in [-0.3, -0.25) is 4.79 Å². The van der Waals surface area contributed by atoms with E-state index in [0.717, 1.165) is 30.5 Å². The van der Waals surface area contributed by atoms with Crippen LogP contribution in [0.25, 0.3) is 0 Å². The molecule has 0 bridgehead atoms. The summed E-state index contributed by atoms with van der Waals surface area (Å²) in [6, 6.07) is 3.80. The fraction of sp³-hybridized carbons (Fsp3) is 0.0769. The van der Waals surface area contributed by atoms with Crippen LogP contribution < -0.4 is 11.1 Å². The molecule has 0 atom stereocenters. The van der Waals surface area contributed by atoms with E-state index in [0.29, 0.717) is 0 Å². The molecular formula is C13H10F3N3O. The summed E-state index contributed by atoms with van der Waals surface area (Å²) in [4.78, 5) is 15.3. The minimum Gasteiger partial charge on any atom is -0.383 e. The zero-order chi connectivity index (χ0) is 14.7. The summed E-state index contributed by atoms with van der Waals surface area (Å²) < 4.78 is 39.3. The van der Waals surface area contributed by atoms with Crippen LogP contribution in [-0.4, -0.2) is 10.9 Å². The number of nitrogens with zero attached hydrogens (tertiary/aromatic N) is 1. The Labute approximate surface area is 112 Å². The molecule has 0 saturated heterocycles. The quantitative estimate of drug-likeness (QED) is 0.904. The Kier molecular flexibility index (Phi) is 3.88. The summed E-state index contributed by atoms with van der Waals surface area (Å²) in [7, 11) is 0. The van der Waals surface area contributed by atoms with Crippen molar-refractivity contribution in [2.24, 2.45) is 0 Å². The molecule has 0 radical (unpaired) electrons. The monoisotopic (exact) mass is 281 g/mol. The number of hydrogen-bond donors (Lipinski definition) is 2. The van der Waals surface area contributed by atoms with Gasteiger partial charge in [0, 0.05) is 12.1 Å². The van der Waals surface area contributed by atoms with Crippen molar-refractivity contribution < 1.29 is 18.0 Å². The molecule has 0 spiro atoms. The molecule has 2 rings (SSSR count). The van der Waals surface area contributed by atoms with Gasteiger partial charge in [-0.25, -0.2) is 18.2 Å². The van der Waals surface area contributed by atoms with Crippen LogP contribution in [0.15, 0.2) is 30.5 Å². The zero-order valence-electron chi connectivity index (χ0n) is 10.2. The first kappa shape index (κ1) is 13.9. The van der Waals surface area contributed by atoms with Gasteiger partial charge in [-0.1, -0.05) is 0 Å². The van der Waals surface area contributed by atoms with Crippen molar-refractivity contribution in [3.05, 3.63) is 59.0 Å². The van der Waals surface area contributed by atoms with Crippen LogP contribution in [0.4, 0.5) is 19.0 Å². The molecular weight excluding hydrogens is 271 g/mol. The molecule has 0 aliphatic heterocycles. The van der Waals surface area contributed by atoms with E-state index in [4.69, 9.17) is 5.73 Å². The molecule has 0 saturated carbocycles. The van der Waals surface area contributed by atoms with E-state index in [9.17, 15) is 18.0 Å². The summed E-state index contributed by atoms with van der Waals surface area (Å²) >= 11 is 0. The number of halogens is 3. The second-order valence-electron chi connectivity index (χ2n) is 4.00. The van der Waals surface area contributed by atoms with Crippen LogP contribution in [0, 0.1) is 17.5 Å². The van der Waals surface area contributed by atoms with Crippen molar-refractivity contribution in [2.45, 2.75) is 6.54 Å². The zero-order valence-corrected chi connectivity index (χ0v) is 10.2. The summed E-state index contributed by atoms with van der Waals surface area (Å²) in [5, 5.41) is 2.32. The van der Waals surface area contributed by atoms with Crippen LogP contribution in [0.5, 0.6) is 0 Å². The first-order valence-corrected chi connectivity index (χ1v) is 5.60. The number of aromatic nitrogens is 1. The maximum Gasteiger partial charge on any atom is 0.255 e. The summed E-state index contributed by atoms with van der Waals surface area (Å²) in [6.45, 7) is -0.252. The maximum absolute atomic E-state index is 13.4. The normalized spacial score (nSPS) is 10.3. The molecule has 0 aliphatic carbocycles. The molecule has 0 aliphatic rings. The average Bonchev–Trinajstić information content (AvgIpc) is 2.42. The van der Waals surface area contributed by atoms with Gasteiger partial charge < -0.3 is 11.1 Å². The Balaban J connectivity index is 2.12. The summed E-state index contributed by atoms with van der Waals surface area (Å²) in [5.74, 6) is -2.87. The molecule has 0 unspecified atom stereocenters. The average molecular weight is 281 g/mol. The van der Waals surface area contributed by atoms with E-state index in [1.807, 2.05) is 0 Å². The van der Waals surface area contributed by atoms with Crippen LogP contribution in [0.3, 0.4) is 0 Å². The molecule has 1 aromatic carbocycles. The van der Waals surface area contributed by atoms with Crippen molar-refractivity contribution in [2.75, 3.05) is 5.73 Å². The Morgan fingerprint density at radius 1 is 1.20 bits per heavy atom. The van der Waals surface area contributed by atoms with Crippen molar-refractivity contribution in [3.8, 4) is 0 Å². The standard InChI is InChI=1S/C13H10F3N3O/c14-8-1-2-11(16)7(3-8)5-19-13(20)10-4-9(15)6-18-12(10)17/h1-4,6H,5H2,(H2,17,18)(H,19,20). The van der Waals surface area contributed by atoms with Crippen LogP contribution in [0.2, 0.25) is 0 Å². The highest BCUT2D eigenvalue weighted by atomic mass is 19.1. The van der Waals surface area contributed by atoms with Gasteiger partial charge in [0.05, 0.1) is 11.8 Å². The van der Waals surface area contributed by atoms with E-state index < -0.39 is 23.4 Å². The number of nitrogens with two attached hydrogens (primary N) is 1. The first-order valence-electron chi connectivity index (χ1n) is 5.60. The topological polar surface area (TPSA) is 68.0 Å². The molecule has 20 heavy (non-hydrogen) atoms. The Morgan fingerprint density at radius 3 is 2.70 bits per heavy atom. The maximum atomic E-state index is 13.4. The molecule has 3 N–H and O–H groups in total. The molecule has 1 aromatic heterocycles. The van der Waals surface area contributed by atoms with Crippen molar-refractivity contribution in [1.29, 1.82) is 0 Å². The van der Waals surface area contributed by atoms with E-state index in [2.05, 4.69) is 10.3 Å². The molecule has 1 amide bonds. The lowest BCUT2D eigenvalue weighted by Crippen LogP contribution is -2.25. The van der Waals surface area contributed by atoms with E-state index in [-0.39, 0.29) is 23.5 Å². The lowest BCUT2D eigenvalue weighted by molar-refractivity contribution is 0.0950. The second-order valence-corrected chi connectivity index (χ2v) is 4.00. The number of anilines is 1. The third-order valence-electron chi connectivity index (χ3n) is 2.58.